The molecule has 246 valence electrons. The largest absolute Gasteiger partial charge is 0.480 e. The van der Waals surface area contributed by atoms with E-state index in [2.05, 4.69) is 25.5 Å². The standard InChI is InChI=1S/C34H37Cl2N7O4/c1-34(45)12-13-43(19-34)18-28-33(47-3)42-26(17-39-28)24-9-5-7-22(31(24)36)21-6-4-8-23(30(21)35)25-16-38-27(32(41-25)46-2)15-37-14-20-10-11-29(44)40-20/h4-9,16-17,20,37,45H,10-15,18-19H2,1-3H3,(H,40,44). The molecule has 2 aliphatic rings. The van der Waals surface area contributed by atoms with E-state index < -0.39 is 5.60 Å². The number of ether oxygens (including phenoxy) is 2. The van der Waals surface area contributed by atoms with E-state index in [4.69, 9.17) is 42.6 Å². The highest BCUT2D eigenvalue weighted by Gasteiger charge is 2.32. The number of carbonyl (C=O) groups is 1. The Balaban J connectivity index is 1.24. The highest BCUT2D eigenvalue weighted by Crippen LogP contribution is 2.42. The lowest BCUT2D eigenvalue weighted by molar-refractivity contribution is -0.119. The molecule has 2 atom stereocenters. The van der Waals surface area contributed by atoms with Crippen LogP contribution >= 0.6 is 23.2 Å². The first-order chi connectivity index (χ1) is 22.7. The number of nitrogens with one attached hydrogen (secondary N) is 2. The predicted octanol–water partition coefficient (Wildman–Crippen LogP) is 4.92. The molecule has 2 aliphatic heterocycles. The minimum atomic E-state index is -0.705. The Labute approximate surface area is 283 Å². The molecular formula is C34H37Cl2N7O4. The number of nitrogens with zero attached hydrogens (tertiary/aromatic N) is 5. The van der Waals surface area contributed by atoms with Crippen molar-refractivity contribution in [3.63, 3.8) is 0 Å². The predicted molar refractivity (Wildman–Crippen MR) is 180 cm³/mol. The van der Waals surface area contributed by atoms with Crippen LogP contribution in [0.4, 0.5) is 0 Å². The van der Waals surface area contributed by atoms with Crippen molar-refractivity contribution in [1.29, 1.82) is 0 Å². The number of halogens is 2. The summed E-state index contributed by atoms with van der Waals surface area (Å²) in [6.07, 6.45) is 5.44. The SMILES string of the molecule is COc1nc(-c2cccc(-c3cccc(-c4cnc(CN5CCC(C)(O)C5)c(OC)n4)c3Cl)c2Cl)cnc1CNCC1CCC(=O)N1. The van der Waals surface area contributed by atoms with Crippen LogP contribution in [-0.2, 0) is 17.9 Å². The molecule has 2 aromatic heterocycles. The van der Waals surface area contributed by atoms with Crippen molar-refractivity contribution in [2.45, 2.75) is 50.9 Å². The molecule has 6 rings (SSSR count). The molecule has 2 fully saturated rings. The van der Waals surface area contributed by atoms with Gasteiger partial charge in [0.15, 0.2) is 0 Å². The normalized spacial score (nSPS) is 19.6. The summed E-state index contributed by atoms with van der Waals surface area (Å²) < 4.78 is 11.2. The maximum Gasteiger partial charge on any atom is 0.237 e. The van der Waals surface area contributed by atoms with Crippen LogP contribution in [0.2, 0.25) is 10.0 Å². The number of β-amino-alcohol motifs (C(OH)–C–C–N with tert-alkyl or cyclic N) is 1. The molecule has 11 nitrogen and oxygen atoms in total. The summed E-state index contributed by atoms with van der Waals surface area (Å²) in [5.74, 6) is 0.879. The van der Waals surface area contributed by atoms with Gasteiger partial charge in [-0.25, -0.2) is 9.97 Å². The second-order valence-electron chi connectivity index (χ2n) is 12.1. The molecule has 2 aromatic carbocycles. The van der Waals surface area contributed by atoms with E-state index in [-0.39, 0.29) is 11.9 Å². The second-order valence-corrected chi connectivity index (χ2v) is 12.9. The summed E-state index contributed by atoms with van der Waals surface area (Å²) in [5, 5.41) is 17.6. The molecule has 4 aromatic rings. The number of amides is 1. The van der Waals surface area contributed by atoms with Crippen LogP contribution in [0.1, 0.15) is 37.6 Å². The molecule has 2 saturated heterocycles. The van der Waals surface area contributed by atoms with Crippen molar-refractivity contribution in [3.8, 4) is 45.4 Å². The Morgan fingerprint density at radius 2 is 1.53 bits per heavy atom. The summed E-state index contributed by atoms with van der Waals surface area (Å²) >= 11 is 14.1. The number of methoxy groups -OCH3 is 2. The molecule has 4 heterocycles. The smallest absolute Gasteiger partial charge is 0.237 e. The molecule has 3 N–H and O–H groups in total. The van der Waals surface area contributed by atoms with E-state index in [0.717, 1.165) is 24.1 Å². The summed E-state index contributed by atoms with van der Waals surface area (Å²) in [6, 6.07) is 11.5. The van der Waals surface area contributed by atoms with Gasteiger partial charge in [-0.3, -0.25) is 19.7 Å². The van der Waals surface area contributed by atoms with Crippen molar-refractivity contribution in [2.24, 2.45) is 0 Å². The van der Waals surface area contributed by atoms with Gasteiger partial charge in [0.25, 0.3) is 0 Å². The van der Waals surface area contributed by atoms with E-state index in [0.29, 0.717) is 94.7 Å². The van der Waals surface area contributed by atoms with Gasteiger partial charge in [0.1, 0.15) is 11.4 Å². The van der Waals surface area contributed by atoms with Crippen molar-refractivity contribution >= 4 is 29.1 Å². The van der Waals surface area contributed by atoms with E-state index in [9.17, 15) is 9.90 Å². The van der Waals surface area contributed by atoms with Crippen molar-refractivity contribution in [3.05, 3.63) is 70.2 Å². The molecule has 13 heteroatoms. The Morgan fingerprint density at radius 1 is 0.957 bits per heavy atom. The number of rotatable bonds is 11. The van der Waals surface area contributed by atoms with Gasteiger partial charge in [-0.15, -0.1) is 0 Å². The highest BCUT2D eigenvalue weighted by molar-refractivity contribution is 6.39. The first kappa shape index (κ1) is 33.0. The lowest BCUT2D eigenvalue weighted by Crippen LogP contribution is -2.35. The number of carbonyl (C=O) groups excluding carboxylic acids is 1. The Hall–Kier alpha value is -3.87. The fourth-order valence-electron chi connectivity index (χ4n) is 6.07. The molecule has 2 unspecified atom stereocenters. The van der Waals surface area contributed by atoms with Gasteiger partial charge in [-0.05, 0) is 19.8 Å². The van der Waals surface area contributed by atoms with Gasteiger partial charge in [0.05, 0.1) is 53.6 Å². The maximum atomic E-state index is 11.5. The molecule has 0 bridgehead atoms. The lowest BCUT2D eigenvalue weighted by Gasteiger charge is -2.19. The fourth-order valence-corrected chi connectivity index (χ4v) is 6.72. The Morgan fingerprint density at radius 3 is 2.06 bits per heavy atom. The Bertz CT molecular complexity index is 1790. The Kier molecular flexibility index (Phi) is 9.90. The minimum absolute atomic E-state index is 0.0823. The van der Waals surface area contributed by atoms with Gasteiger partial charge in [-0.2, -0.15) is 0 Å². The highest BCUT2D eigenvalue weighted by atomic mass is 35.5. The topological polar surface area (TPSA) is 135 Å². The fraction of sp³-hybridized carbons (Fsp3) is 0.382. The van der Waals surface area contributed by atoms with Crippen LogP contribution in [0.3, 0.4) is 0 Å². The van der Waals surface area contributed by atoms with Crippen LogP contribution in [0.15, 0.2) is 48.8 Å². The van der Waals surface area contributed by atoms with Crippen LogP contribution in [0.5, 0.6) is 11.8 Å². The van der Waals surface area contributed by atoms with Gasteiger partial charge in [-0.1, -0.05) is 59.6 Å². The summed E-state index contributed by atoms with van der Waals surface area (Å²) in [7, 11) is 3.12. The van der Waals surface area contributed by atoms with Crippen LogP contribution < -0.4 is 20.1 Å². The molecule has 47 heavy (non-hydrogen) atoms. The lowest BCUT2D eigenvalue weighted by atomic mass is 9.98. The van der Waals surface area contributed by atoms with E-state index in [1.807, 2.05) is 43.3 Å². The zero-order valence-electron chi connectivity index (χ0n) is 26.5. The average Bonchev–Trinajstić information content (AvgIpc) is 3.64. The van der Waals surface area contributed by atoms with Crippen molar-refractivity contribution < 1.29 is 19.4 Å². The zero-order chi connectivity index (χ0) is 33.1. The molecule has 0 aliphatic carbocycles. The van der Waals surface area contributed by atoms with Gasteiger partial charge in [0, 0.05) is 67.4 Å². The first-order valence-electron chi connectivity index (χ1n) is 15.5. The third kappa shape index (κ3) is 7.34. The summed E-state index contributed by atoms with van der Waals surface area (Å²) in [4.78, 5) is 32.4. The summed E-state index contributed by atoms with van der Waals surface area (Å²) in [5.41, 5.74) is 4.56. The number of aromatic nitrogens is 4. The van der Waals surface area contributed by atoms with E-state index in [1.54, 1.807) is 26.6 Å². The van der Waals surface area contributed by atoms with Gasteiger partial charge >= 0.3 is 0 Å². The van der Waals surface area contributed by atoms with E-state index >= 15 is 0 Å². The molecule has 0 radical (unpaired) electrons. The molecule has 0 saturated carbocycles. The number of benzene rings is 2. The quantitative estimate of drug-likeness (QED) is 0.201. The minimum Gasteiger partial charge on any atom is -0.480 e. The zero-order valence-corrected chi connectivity index (χ0v) is 28.0. The van der Waals surface area contributed by atoms with Crippen molar-refractivity contribution in [1.82, 2.24) is 35.5 Å². The average molecular weight is 679 g/mol. The maximum absolute atomic E-state index is 11.5. The van der Waals surface area contributed by atoms with Gasteiger partial charge < -0.3 is 25.2 Å². The van der Waals surface area contributed by atoms with Gasteiger partial charge in [0.2, 0.25) is 17.7 Å². The van der Waals surface area contributed by atoms with E-state index in [1.165, 1.54) is 0 Å². The molecule has 0 spiro atoms. The molecular weight excluding hydrogens is 641 g/mol. The first-order valence-corrected chi connectivity index (χ1v) is 16.2. The van der Waals surface area contributed by atoms with Crippen LogP contribution in [-0.4, -0.2) is 81.3 Å². The number of likely N-dealkylation sites (tertiary alicyclic amines) is 1. The third-order valence-corrected chi connectivity index (χ3v) is 9.34. The second kappa shape index (κ2) is 14.1. The van der Waals surface area contributed by atoms with Crippen molar-refractivity contribution in [2.75, 3.05) is 33.9 Å². The summed E-state index contributed by atoms with van der Waals surface area (Å²) in [6.45, 7) is 4.78. The molecule has 1 amide bonds. The number of hydrogen-bond acceptors (Lipinski definition) is 10. The number of hydrogen-bond donors (Lipinski definition) is 3. The third-order valence-electron chi connectivity index (χ3n) is 8.52. The van der Waals surface area contributed by atoms with Crippen LogP contribution in [0, 0.1) is 0 Å². The monoisotopic (exact) mass is 677 g/mol. The number of aliphatic hydroxyl groups is 1. The van der Waals surface area contributed by atoms with Crippen LogP contribution in [0.25, 0.3) is 33.6 Å².